The molecule has 1 aromatic rings. The smallest absolute Gasteiger partial charge is 0.312 e. The van der Waals surface area contributed by atoms with Crippen LogP contribution in [0.3, 0.4) is 0 Å². The van der Waals surface area contributed by atoms with Gasteiger partial charge in [-0.25, -0.2) is 0 Å². The fourth-order valence-electron chi connectivity index (χ4n) is 2.02. The average Bonchev–Trinajstić information content (AvgIpc) is 2.64. The predicted octanol–water partition coefficient (Wildman–Crippen LogP) is 5.22. The Hall–Kier alpha value is -1.58. The van der Waals surface area contributed by atoms with Gasteiger partial charge in [0.1, 0.15) is 0 Å². The molecule has 0 spiro atoms. The van der Waals surface area contributed by atoms with E-state index in [2.05, 4.69) is 5.32 Å². The highest BCUT2D eigenvalue weighted by Crippen LogP contribution is 2.60. The Bertz CT molecular complexity index is 764. The fraction of sp³-hybridized carbons (Fsp3) is 0.600. The van der Waals surface area contributed by atoms with Crippen molar-refractivity contribution in [1.82, 2.24) is 5.32 Å². The van der Waals surface area contributed by atoms with Crippen LogP contribution >= 0.6 is 0 Å². The molecule has 1 atom stereocenters. The highest BCUT2D eigenvalue weighted by Gasteiger charge is 2.91. The van der Waals surface area contributed by atoms with E-state index in [4.69, 9.17) is 0 Å². The average molecular weight is 501 g/mol. The molecule has 180 valence electrons. The monoisotopic (exact) mass is 501 g/mol. The van der Waals surface area contributed by atoms with Gasteiger partial charge in [0.15, 0.2) is 0 Å². The highest BCUT2D eigenvalue weighted by molar-refractivity contribution is 7.86. The van der Waals surface area contributed by atoms with Crippen molar-refractivity contribution in [3.05, 3.63) is 35.9 Å². The molecule has 0 fully saturated rings. The third kappa shape index (κ3) is 4.78. The van der Waals surface area contributed by atoms with Gasteiger partial charge in [-0.05, 0) is 5.56 Å². The first kappa shape index (κ1) is 27.5. The minimum absolute atomic E-state index is 0.105. The van der Waals surface area contributed by atoms with Crippen LogP contribution in [0.4, 0.5) is 57.1 Å². The van der Waals surface area contributed by atoms with Crippen LogP contribution in [0.2, 0.25) is 0 Å². The summed E-state index contributed by atoms with van der Waals surface area (Å²) in [5, 5.41) is -4.29. The maximum atomic E-state index is 13.6. The van der Waals surface area contributed by atoms with Gasteiger partial charge < -0.3 is 5.32 Å². The van der Waals surface area contributed by atoms with Crippen LogP contribution in [0, 0.1) is 0 Å². The molecule has 1 unspecified atom stereocenters. The molecule has 2 nitrogen and oxygen atoms in total. The van der Waals surface area contributed by atoms with E-state index in [1.165, 1.54) is 12.1 Å². The highest BCUT2D eigenvalue weighted by atomic mass is 32.2. The molecule has 0 aliphatic rings. The molecule has 0 saturated carbocycles. The van der Waals surface area contributed by atoms with Gasteiger partial charge in [0.05, 0.1) is 10.8 Å². The lowest BCUT2D eigenvalue weighted by molar-refractivity contribution is -0.433. The largest absolute Gasteiger partial charge is 0.460 e. The lowest BCUT2D eigenvalue weighted by Crippen LogP contribution is -2.70. The summed E-state index contributed by atoms with van der Waals surface area (Å²) in [6.45, 7) is -0.917. The molecule has 1 aromatic carbocycles. The summed E-state index contributed by atoms with van der Waals surface area (Å²) in [5.41, 5.74) is 0.519. The summed E-state index contributed by atoms with van der Waals surface area (Å²) >= 11 is 0. The van der Waals surface area contributed by atoms with Crippen molar-refractivity contribution in [2.24, 2.45) is 0 Å². The summed E-state index contributed by atoms with van der Waals surface area (Å²) in [6.07, 6.45) is -7.48. The quantitative estimate of drug-likeness (QED) is 0.352. The molecule has 1 rings (SSSR count). The van der Waals surface area contributed by atoms with Crippen molar-refractivity contribution in [2.75, 3.05) is 12.3 Å². The zero-order chi connectivity index (χ0) is 24.5. The molecule has 0 radical (unpaired) electrons. The maximum Gasteiger partial charge on any atom is 0.460 e. The number of hydrogen-bond acceptors (Lipinski definition) is 2. The minimum atomic E-state index is -8.00. The van der Waals surface area contributed by atoms with Crippen molar-refractivity contribution in [2.45, 2.75) is 41.7 Å². The maximum absolute atomic E-state index is 13.6. The van der Waals surface area contributed by atoms with Gasteiger partial charge in [0.2, 0.25) is 0 Å². The van der Waals surface area contributed by atoms with Gasteiger partial charge in [-0.2, -0.15) is 57.1 Å². The molecule has 31 heavy (non-hydrogen) atoms. The van der Waals surface area contributed by atoms with Gasteiger partial charge >= 0.3 is 35.1 Å². The Balaban J connectivity index is 3.03. The molecule has 1 N–H and O–H groups in total. The summed E-state index contributed by atoms with van der Waals surface area (Å²) in [6, 6.07) is 7.71. The number of alkyl halides is 13. The second-order valence-corrected chi connectivity index (χ2v) is 7.64. The van der Waals surface area contributed by atoms with Crippen LogP contribution in [-0.4, -0.2) is 51.6 Å². The van der Waals surface area contributed by atoms with Gasteiger partial charge in [0, 0.05) is 18.8 Å². The third-order valence-electron chi connectivity index (χ3n) is 3.83. The van der Waals surface area contributed by atoms with E-state index in [9.17, 15) is 61.3 Å². The molecule has 0 aromatic heterocycles. The number of hydrogen-bond donors (Lipinski definition) is 1. The van der Waals surface area contributed by atoms with E-state index in [1.54, 1.807) is 18.2 Å². The van der Waals surface area contributed by atoms with Crippen molar-refractivity contribution >= 4 is 10.8 Å². The van der Waals surface area contributed by atoms with Crippen molar-refractivity contribution in [3.63, 3.8) is 0 Å². The van der Waals surface area contributed by atoms with E-state index in [0.717, 1.165) is 0 Å². The van der Waals surface area contributed by atoms with Gasteiger partial charge in [-0.3, -0.25) is 4.21 Å². The molecule has 0 amide bonds. The van der Waals surface area contributed by atoms with Crippen molar-refractivity contribution in [3.8, 4) is 0 Å². The van der Waals surface area contributed by atoms with Gasteiger partial charge in [-0.15, -0.1) is 0 Å². The Labute approximate surface area is 168 Å². The van der Waals surface area contributed by atoms with E-state index in [0.29, 0.717) is 5.56 Å². The van der Waals surface area contributed by atoms with E-state index >= 15 is 0 Å². The molecule has 0 saturated heterocycles. The third-order valence-corrected chi connectivity index (χ3v) is 5.23. The number of rotatable bonds is 10. The number of halogens is 13. The predicted molar refractivity (Wildman–Crippen MR) is 81.9 cm³/mol. The van der Waals surface area contributed by atoms with Crippen molar-refractivity contribution in [1.29, 1.82) is 0 Å². The van der Waals surface area contributed by atoms with Crippen LogP contribution in [0.15, 0.2) is 30.3 Å². The lowest BCUT2D eigenvalue weighted by atomic mass is 9.98. The second-order valence-electron chi connectivity index (χ2n) is 6.02. The topological polar surface area (TPSA) is 29.1 Å². The number of benzene rings is 1. The van der Waals surface area contributed by atoms with E-state index in [1.807, 2.05) is 0 Å². The fourth-order valence-corrected chi connectivity index (χ4v) is 3.02. The first-order valence-corrected chi connectivity index (χ1v) is 9.16. The van der Waals surface area contributed by atoms with E-state index < -0.39 is 58.2 Å². The summed E-state index contributed by atoms with van der Waals surface area (Å²) in [5.74, 6) is -32.8. The summed E-state index contributed by atoms with van der Waals surface area (Å²) in [4.78, 5) is 0. The molecule has 0 aliphatic carbocycles. The zero-order valence-corrected chi connectivity index (χ0v) is 15.6. The Morgan fingerprint density at radius 2 is 1.13 bits per heavy atom. The molecule has 0 heterocycles. The van der Waals surface area contributed by atoms with Crippen LogP contribution < -0.4 is 5.32 Å². The lowest BCUT2D eigenvalue weighted by Gasteiger charge is -2.39. The summed E-state index contributed by atoms with van der Waals surface area (Å²) in [7, 11) is -4.37. The first-order chi connectivity index (χ1) is 13.7. The van der Waals surface area contributed by atoms with E-state index in [-0.39, 0.29) is 6.54 Å². The van der Waals surface area contributed by atoms with Crippen LogP contribution in [0.5, 0.6) is 0 Å². The molecular formula is C15H12F13NOS. The second kappa shape index (κ2) is 8.75. The molecule has 16 heteroatoms. The Morgan fingerprint density at radius 1 is 0.677 bits per heavy atom. The van der Waals surface area contributed by atoms with Gasteiger partial charge in [-0.1, -0.05) is 30.3 Å². The SMILES string of the molecule is O=S(CCNCc1ccccc1)C(F)(F)C(F)(F)C(F)(F)C(F)(F)C(F)(F)C(F)(F)F. The van der Waals surface area contributed by atoms with Crippen molar-refractivity contribution < 1.29 is 61.3 Å². The molecule has 0 aliphatic heterocycles. The first-order valence-electron chi connectivity index (χ1n) is 7.84. The zero-order valence-electron chi connectivity index (χ0n) is 14.7. The Kier molecular flexibility index (Phi) is 7.75. The van der Waals surface area contributed by atoms with Crippen LogP contribution in [0.25, 0.3) is 0 Å². The standard InChI is InChI=1S/C15H12F13NOS/c16-10(17,12(20,21)14(24,25)26)11(18,19)13(22,23)15(27,28)31(30)7-6-29-8-9-4-2-1-3-5-9/h1-5,29H,6-8H2. The van der Waals surface area contributed by atoms with Gasteiger partial charge in [0.25, 0.3) is 0 Å². The minimum Gasteiger partial charge on any atom is -0.312 e. The number of nitrogens with one attached hydrogen (secondary N) is 1. The Morgan fingerprint density at radius 3 is 1.58 bits per heavy atom. The molecular weight excluding hydrogens is 489 g/mol. The van der Waals surface area contributed by atoms with Crippen LogP contribution in [-0.2, 0) is 17.3 Å². The normalized spacial score (nSPS) is 15.8. The molecule has 0 bridgehead atoms. The van der Waals surface area contributed by atoms with Crippen LogP contribution in [0.1, 0.15) is 5.56 Å². The summed E-state index contributed by atoms with van der Waals surface area (Å²) < 4.78 is 180.